The van der Waals surface area contributed by atoms with Crippen molar-refractivity contribution in [2.45, 2.75) is 25.7 Å². The highest BCUT2D eigenvalue weighted by atomic mass is 16.6. The lowest BCUT2D eigenvalue weighted by Gasteiger charge is -2.09. The summed E-state index contributed by atoms with van der Waals surface area (Å²) in [5, 5.41) is 21.5. The van der Waals surface area contributed by atoms with Gasteiger partial charge in [-0.1, -0.05) is 71.9 Å². The van der Waals surface area contributed by atoms with Gasteiger partial charge >= 0.3 is 6.16 Å². The molecule has 0 atom stereocenters. The third kappa shape index (κ3) is 6.59. The number of primary amides is 1. The predicted octanol–water partition coefficient (Wildman–Crippen LogP) is 7.32. The summed E-state index contributed by atoms with van der Waals surface area (Å²) >= 11 is 0. The Labute approximate surface area is 236 Å². The van der Waals surface area contributed by atoms with E-state index in [-0.39, 0.29) is 0 Å². The number of benzene rings is 3. The van der Waals surface area contributed by atoms with Crippen molar-refractivity contribution in [1.29, 1.82) is 0 Å². The molecule has 1 amide bonds. The minimum atomic E-state index is -1.83. The number of nitrogens with one attached hydrogen (secondary N) is 1. The highest BCUT2D eigenvalue weighted by molar-refractivity contribution is 5.94. The molecule has 1 fully saturated rings. The van der Waals surface area contributed by atoms with Gasteiger partial charge in [0.2, 0.25) is 5.91 Å². The molecule has 0 radical (unpaired) electrons. The molecule has 1 saturated carbocycles. The number of hydrogen-bond donors (Lipinski definition) is 4. The number of hydrogen-bond acceptors (Lipinski definition) is 6. The van der Waals surface area contributed by atoms with Crippen LogP contribution in [0.15, 0.2) is 95.5 Å². The first-order valence-electron chi connectivity index (χ1n) is 13.0. The number of aromatic nitrogens is 2. The number of nitrogens with zero attached hydrogens (tertiary/aromatic N) is 2. The Hall–Kier alpha value is -5.44. The van der Waals surface area contributed by atoms with Gasteiger partial charge in [-0.15, -0.1) is 0 Å². The number of carbonyl (C=O) groups is 2. The van der Waals surface area contributed by atoms with Crippen LogP contribution in [0.25, 0.3) is 33.7 Å². The van der Waals surface area contributed by atoms with Crippen molar-refractivity contribution in [2.24, 2.45) is 5.73 Å². The number of carbonyl (C=O) groups excluding carboxylic acids is 1. The van der Waals surface area contributed by atoms with E-state index >= 15 is 0 Å². The Bertz CT molecular complexity index is 1690. The summed E-state index contributed by atoms with van der Waals surface area (Å²) in [5.41, 5.74) is 13.6. The van der Waals surface area contributed by atoms with Gasteiger partial charge in [-0.25, -0.2) is 9.78 Å². The highest BCUT2D eigenvalue weighted by Gasteiger charge is 2.23. The molecule has 41 heavy (non-hydrogen) atoms. The number of rotatable bonds is 7. The summed E-state index contributed by atoms with van der Waals surface area (Å²) in [5.74, 6) is 1.58. The van der Waals surface area contributed by atoms with E-state index in [4.69, 9.17) is 30.2 Å². The third-order valence-electron chi connectivity index (χ3n) is 6.75. The quantitative estimate of drug-likeness (QED) is 0.165. The van der Waals surface area contributed by atoms with Crippen LogP contribution in [0.4, 0.5) is 16.3 Å². The molecule has 2 heterocycles. The zero-order chi connectivity index (χ0) is 28.9. The molecular formula is C32H28N4O5. The Morgan fingerprint density at radius 2 is 1.46 bits per heavy atom. The Balaban J connectivity index is 0.000000794. The molecule has 5 aromatic rings. The molecular weight excluding hydrogens is 520 g/mol. The predicted molar refractivity (Wildman–Crippen MR) is 156 cm³/mol. The zero-order valence-electron chi connectivity index (χ0n) is 22.2. The van der Waals surface area contributed by atoms with E-state index < -0.39 is 12.1 Å². The number of aryl methyl sites for hydroxylation is 1. The Morgan fingerprint density at radius 1 is 0.854 bits per heavy atom. The molecule has 0 unspecified atom stereocenters. The summed E-state index contributed by atoms with van der Waals surface area (Å²) < 4.78 is 5.71. The maximum atomic E-state index is 11.6. The van der Waals surface area contributed by atoms with E-state index in [0.717, 1.165) is 39.7 Å². The molecule has 9 heteroatoms. The highest BCUT2D eigenvalue weighted by Crippen LogP contribution is 2.40. The van der Waals surface area contributed by atoms with Crippen molar-refractivity contribution in [2.75, 3.05) is 5.32 Å². The zero-order valence-corrected chi connectivity index (χ0v) is 22.2. The Kier molecular flexibility index (Phi) is 7.78. The molecule has 0 saturated heterocycles. The summed E-state index contributed by atoms with van der Waals surface area (Å²) in [7, 11) is 0. The van der Waals surface area contributed by atoms with Crippen LogP contribution in [0.3, 0.4) is 0 Å². The third-order valence-corrected chi connectivity index (χ3v) is 6.75. The molecule has 206 valence electrons. The van der Waals surface area contributed by atoms with Crippen LogP contribution in [0, 0.1) is 6.92 Å². The van der Waals surface area contributed by atoms with E-state index in [1.807, 2.05) is 31.2 Å². The molecule has 0 bridgehead atoms. The van der Waals surface area contributed by atoms with Gasteiger partial charge in [0.05, 0.1) is 5.69 Å². The molecule has 0 aliphatic heterocycles. The SMILES string of the molecule is Cc1noc(-c2ccc(-c3ccc(C4CC4)cc3)cc2)c1Nc1cccc(-c2cccc(C(N)=O)c2)n1.O=C(O)O. The fourth-order valence-electron chi connectivity index (χ4n) is 4.52. The van der Waals surface area contributed by atoms with Gasteiger partial charge in [-0.05, 0) is 66.6 Å². The molecule has 1 aliphatic rings. The van der Waals surface area contributed by atoms with Gasteiger partial charge in [0, 0.05) is 16.7 Å². The average molecular weight is 549 g/mol. The maximum absolute atomic E-state index is 11.6. The summed E-state index contributed by atoms with van der Waals surface area (Å²) in [6.45, 7) is 1.89. The van der Waals surface area contributed by atoms with Crippen LogP contribution in [0.1, 0.15) is 40.4 Å². The van der Waals surface area contributed by atoms with Crippen LogP contribution in [0.2, 0.25) is 0 Å². The van der Waals surface area contributed by atoms with Crippen molar-refractivity contribution in [3.05, 3.63) is 108 Å². The van der Waals surface area contributed by atoms with Crippen molar-refractivity contribution in [3.63, 3.8) is 0 Å². The monoisotopic (exact) mass is 548 g/mol. The average Bonchev–Trinajstić information content (AvgIpc) is 3.77. The van der Waals surface area contributed by atoms with Crippen LogP contribution < -0.4 is 11.1 Å². The number of anilines is 2. The van der Waals surface area contributed by atoms with Gasteiger partial charge in [-0.2, -0.15) is 0 Å². The van der Waals surface area contributed by atoms with Crippen LogP contribution in [-0.4, -0.2) is 32.4 Å². The lowest BCUT2D eigenvalue weighted by Crippen LogP contribution is -2.10. The van der Waals surface area contributed by atoms with Crippen LogP contribution >= 0.6 is 0 Å². The fraction of sp³-hybridized carbons (Fsp3) is 0.125. The minimum absolute atomic E-state index is 0.442. The molecule has 3 aromatic carbocycles. The van der Waals surface area contributed by atoms with E-state index in [1.54, 1.807) is 18.2 Å². The van der Waals surface area contributed by atoms with Gasteiger partial charge in [0.1, 0.15) is 17.2 Å². The fourth-order valence-corrected chi connectivity index (χ4v) is 4.52. The molecule has 5 N–H and O–H groups in total. The standard InChI is InChI=1S/C31H26N4O2.CH2O3/c1-19-29(34-28-7-3-6-27(33-28)25-4-2-5-26(18-25)31(32)36)30(37-35-19)24-16-14-23(15-17-24)22-12-10-21(11-13-22)20-8-9-20;2-1(3)4/h2-7,10-18,20H,8-9H2,1H3,(H2,32,36)(H,33,34);(H2,2,3,4). The van der Waals surface area contributed by atoms with Crippen molar-refractivity contribution in [3.8, 4) is 33.7 Å². The van der Waals surface area contributed by atoms with Gasteiger partial charge in [0.25, 0.3) is 0 Å². The summed E-state index contributed by atoms with van der Waals surface area (Å²) in [4.78, 5) is 24.9. The topological polar surface area (TPSA) is 152 Å². The number of nitrogens with two attached hydrogens (primary N) is 1. The van der Waals surface area contributed by atoms with E-state index in [9.17, 15) is 4.79 Å². The van der Waals surface area contributed by atoms with E-state index in [0.29, 0.717) is 17.1 Å². The first kappa shape index (κ1) is 27.1. The van der Waals surface area contributed by atoms with Crippen LogP contribution in [-0.2, 0) is 0 Å². The van der Waals surface area contributed by atoms with E-state index in [1.165, 1.54) is 24.0 Å². The van der Waals surface area contributed by atoms with Gasteiger partial charge in [-0.3, -0.25) is 4.79 Å². The maximum Gasteiger partial charge on any atom is 0.503 e. The molecule has 0 spiro atoms. The first-order chi connectivity index (χ1) is 19.8. The number of pyridine rings is 1. The molecule has 9 nitrogen and oxygen atoms in total. The lowest BCUT2D eigenvalue weighted by atomic mass is 10.0. The van der Waals surface area contributed by atoms with Gasteiger partial charge < -0.3 is 25.8 Å². The van der Waals surface area contributed by atoms with E-state index in [2.05, 4.69) is 59.0 Å². The van der Waals surface area contributed by atoms with Crippen molar-refractivity contribution in [1.82, 2.24) is 10.1 Å². The second-order valence-corrected chi connectivity index (χ2v) is 9.71. The minimum Gasteiger partial charge on any atom is -0.450 e. The number of carboxylic acid groups (broad SMARTS) is 2. The second kappa shape index (κ2) is 11.7. The summed E-state index contributed by atoms with van der Waals surface area (Å²) in [6, 6.07) is 30.0. The molecule has 6 rings (SSSR count). The summed E-state index contributed by atoms with van der Waals surface area (Å²) in [6.07, 6.45) is 0.784. The number of amides is 1. The normalized spacial score (nSPS) is 12.2. The van der Waals surface area contributed by atoms with Crippen LogP contribution in [0.5, 0.6) is 0 Å². The first-order valence-corrected chi connectivity index (χ1v) is 13.0. The largest absolute Gasteiger partial charge is 0.503 e. The van der Waals surface area contributed by atoms with Crippen molar-refractivity contribution >= 4 is 23.6 Å². The second-order valence-electron chi connectivity index (χ2n) is 9.71. The lowest BCUT2D eigenvalue weighted by molar-refractivity contribution is 0.1000. The smallest absolute Gasteiger partial charge is 0.450 e. The van der Waals surface area contributed by atoms with Gasteiger partial charge in [0.15, 0.2) is 5.76 Å². The van der Waals surface area contributed by atoms with Crippen molar-refractivity contribution < 1.29 is 24.3 Å². The molecule has 1 aliphatic carbocycles. The molecule has 2 aromatic heterocycles. The Morgan fingerprint density at radius 3 is 2.10 bits per heavy atom.